The summed E-state index contributed by atoms with van der Waals surface area (Å²) in [7, 11) is 0. The Hall–Kier alpha value is -0.780. The van der Waals surface area contributed by atoms with E-state index in [-0.39, 0.29) is 0 Å². The highest BCUT2D eigenvalue weighted by Gasteiger charge is 2.54. The highest BCUT2D eigenvalue weighted by molar-refractivity contribution is 5.34. The number of benzene rings is 1. The fraction of sp³-hybridized carbons (Fsp3) is 0.727. The molecule has 0 aromatic heterocycles. The molecule has 0 radical (unpaired) electrons. The number of unbranched alkanes of at least 4 members (excludes halogenated alkanes) is 1. The fourth-order valence-corrected chi connectivity index (χ4v) is 6.56. The molecule has 0 heterocycles. The van der Waals surface area contributed by atoms with Crippen molar-refractivity contribution in [3.05, 3.63) is 35.4 Å². The van der Waals surface area contributed by atoms with Crippen LogP contribution in [0.15, 0.2) is 24.3 Å². The van der Waals surface area contributed by atoms with Crippen LogP contribution in [0.5, 0.6) is 0 Å². The number of hydrogen-bond acceptors (Lipinski definition) is 0. The molecule has 0 unspecified atom stereocenters. The Morgan fingerprint density at radius 2 is 1.95 bits per heavy atom. The topological polar surface area (TPSA) is 0 Å². The van der Waals surface area contributed by atoms with Gasteiger partial charge in [-0.2, -0.15) is 0 Å². The maximum Gasteiger partial charge on any atom is -0.0128 e. The summed E-state index contributed by atoms with van der Waals surface area (Å²) < 4.78 is 0. The van der Waals surface area contributed by atoms with E-state index in [2.05, 4.69) is 38.1 Å². The van der Waals surface area contributed by atoms with E-state index in [0.29, 0.717) is 5.41 Å². The second kappa shape index (κ2) is 5.69. The lowest BCUT2D eigenvalue weighted by Gasteiger charge is -2.51. The molecule has 2 saturated carbocycles. The zero-order chi connectivity index (χ0) is 15.2. The summed E-state index contributed by atoms with van der Waals surface area (Å²) in [6, 6.07) is 9.34. The Kier molecular flexibility index (Phi) is 3.83. The van der Waals surface area contributed by atoms with Crippen LogP contribution in [0.4, 0.5) is 0 Å². The van der Waals surface area contributed by atoms with Crippen molar-refractivity contribution in [3.8, 4) is 0 Å². The van der Waals surface area contributed by atoms with Crippen LogP contribution in [0.1, 0.15) is 82.3 Å². The normalized spacial score (nSPS) is 39.9. The Morgan fingerprint density at radius 1 is 1.09 bits per heavy atom. The molecule has 2 fully saturated rings. The first kappa shape index (κ1) is 14.8. The van der Waals surface area contributed by atoms with Crippen molar-refractivity contribution in [2.75, 3.05) is 0 Å². The van der Waals surface area contributed by atoms with Gasteiger partial charge >= 0.3 is 0 Å². The van der Waals surface area contributed by atoms with Gasteiger partial charge in [0.15, 0.2) is 0 Å². The summed E-state index contributed by atoms with van der Waals surface area (Å²) in [5.74, 6) is 3.91. The van der Waals surface area contributed by atoms with Crippen LogP contribution in [-0.4, -0.2) is 0 Å². The summed E-state index contributed by atoms with van der Waals surface area (Å²) in [4.78, 5) is 0. The van der Waals surface area contributed by atoms with Crippen LogP contribution in [0.3, 0.4) is 0 Å². The molecular weight excluding hydrogens is 264 g/mol. The van der Waals surface area contributed by atoms with E-state index in [4.69, 9.17) is 0 Å². The third-order valence-corrected chi connectivity index (χ3v) is 7.74. The Bertz CT molecular complexity index is 531. The SMILES string of the molecule is CCCC[C@H]1CC[C@H]2[C@@H]3CCc4ccccc4[C@H]3CC[C@]12C. The molecule has 0 amide bonds. The zero-order valence-electron chi connectivity index (χ0n) is 14.5. The largest absolute Gasteiger partial charge is 0.0654 e. The Morgan fingerprint density at radius 3 is 2.82 bits per heavy atom. The van der Waals surface area contributed by atoms with Crippen molar-refractivity contribution < 1.29 is 0 Å². The molecule has 120 valence electrons. The van der Waals surface area contributed by atoms with Crippen molar-refractivity contribution in [1.29, 1.82) is 0 Å². The molecule has 1 aromatic rings. The quantitative estimate of drug-likeness (QED) is 0.609. The van der Waals surface area contributed by atoms with Crippen LogP contribution in [0.25, 0.3) is 0 Å². The van der Waals surface area contributed by atoms with Gasteiger partial charge in [0.05, 0.1) is 0 Å². The minimum Gasteiger partial charge on any atom is -0.0654 e. The first-order valence-corrected chi connectivity index (χ1v) is 9.82. The second-order valence-electron chi connectivity index (χ2n) is 8.58. The van der Waals surface area contributed by atoms with Gasteiger partial charge in [0, 0.05) is 0 Å². The molecule has 0 N–H and O–H groups in total. The molecule has 1 aromatic carbocycles. The summed E-state index contributed by atoms with van der Waals surface area (Å²) >= 11 is 0. The lowest BCUT2D eigenvalue weighted by molar-refractivity contribution is 0.0253. The van der Waals surface area contributed by atoms with Crippen LogP contribution in [0.2, 0.25) is 0 Å². The van der Waals surface area contributed by atoms with E-state index in [1.165, 1.54) is 57.8 Å². The fourth-order valence-electron chi connectivity index (χ4n) is 6.56. The van der Waals surface area contributed by atoms with Crippen LogP contribution in [-0.2, 0) is 6.42 Å². The smallest absolute Gasteiger partial charge is 0.0128 e. The van der Waals surface area contributed by atoms with Gasteiger partial charge < -0.3 is 0 Å². The van der Waals surface area contributed by atoms with Crippen LogP contribution < -0.4 is 0 Å². The highest BCUT2D eigenvalue weighted by Crippen LogP contribution is 2.63. The van der Waals surface area contributed by atoms with Crippen molar-refractivity contribution in [2.24, 2.45) is 23.2 Å². The Labute approximate surface area is 136 Å². The first-order chi connectivity index (χ1) is 10.7. The summed E-state index contributed by atoms with van der Waals surface area (Å²) in [5.41, 5.74) is 4.05. The molecule has 22 heavy (non-hydrogen) atoms. The van der Waals surface area contributed by atoms with E-state index in [0.717, 1.165) is 23.7 Å². The lowest BCUT2D eigenvalue weighted by Crippen LogP contribution is -2.42. The van der Waals surface area contributed by atoms with Crippen molar-refractivity contribution in [2.45, 2.75) is 77.6 Å². The molecule has 3 aliphatic rings. The third-order valence-electron chi connectivity index (χ3n) is 7.74. The predicted octanol–water partition coefficient (Wildman–Crippen LogP) is 6.35. The third kappa shape index (κ3) is 2.17. The maximum atomic E-state index is 2.67. The van der Waals surface area contributed by atoms with Gasteiger partial charge in [0.25, 0.3) is 0 Å². The van der Waals surface area contributed by atoms with Gasteiger partial charge in [-0.3, -0.25) is 0 Å². The average Bonchev–Trinajstić information content (AvgIpc) is 2.89. The van der Waals surface area contributed by atoms with E-state index < -0.39 is 0 Å². The molecule has 0 spiro atoms. The van der Waals surface area contributed by atoms with Crippen LogP contribution in [0, 0.1) is 23.2 Å². The predicted molar refractivity (Wildman–Crippen MR) is 94.1 cm³/mol. The van der Waals surface area contributed by atoms with E-state index in [1.54, 1.807) is 11.1 Å². The van der Waals surface area contributed by atoms with Gasteiger partial charge in [-0.1, -0.05) is 51.0 Å². The monoisotopic (exact) mass is 296 g/mol. The molecule has 0 saturated heterocycles. The van der Waals surface area contributed by atoms with E-state index in [9.17, 15) is 0 Å². The minimum absolute atomic E-state index is 0.669. The van der Waals surface area contributed by atoms with Crippen LogP contribution >= 0.6 is 0 Å². The first-order valence-electron chi connectivity index (χ1n) is 9.82. The van der Waals surface area contributed by atoms with Gasteiger partial charge in [0.2, 0.25) is 0 Å². The molecule has 3 aliphatic carbocycles. The molecule has 0 nitrogen and oxygen atoms in total. The van der Waals surface area contributed by atoms with Gasteiger partial charge in [-0.25, -0.2) is 0 Å². The van der Waals surface area contributed by atoms with Crippen molar-refractivity contribution >= 4 is 0 Å². The lowest BCUT2D eigenvalue weighted by atomic mass is 9.54. The maximum absolute atomic E-state index is 2.67. The molecule has 5 atom stereocenters. The molecule has 0 aliphatic heterocycles. The van der Waals surface area contributed by atoms with Crippen molar-refractivity contribution in [1.82, 2.24) is 0 Å². The number of aryl methyl sites for hydroxylation is 1. The van der Waals surface area contributed by atoms with E-state index >= 15 is 0 Å². The van der Waals surface area contributed by atoms with Gasteiger partial charge in [-0.05, 0) is 85.2 Å². The van der Waals surface area contributed by atoms with Gasteiger partial charge in [0.1, 0.15) is 0 Å². The van der Waals surface area contributed by atoms with Gasteiger partial charge in [-0.15, -0.1) is 0 Å². The molecule has 4 rings (SSSR count). The highest BCUT2D eigenvalue weighted by atomic mass is 14.6. The molecule has 0 bridgehead atoms. The second-order valence-corrected chi connectivity index (χ2v) is 8.58. The summed E-state index contributed by atoms with van der Waals surface area (Å²) in [6.07, 6.45) is 13.1. The molecular formula is C22H32. The number of hydrogen-bond donors (Lipinski definition) is 0. The summed E-state index contributed by atoms with van der Waals surface area (Å²) in [6.45, 7) is 5.02. The molecule has 0 heteroatoms. The standard InChI is InChI=1S/C22H32/c1-3-4-8-17-11-13-21-20-12-10-16-7-5-6-9-18(16)19(20)14-15-22(17,21)2/h5-7,9,17,19-21H,3-4,8,10-15H2,1-2H3/t17-,19+,20+,21-,22+/m0/s1. The minimum atomic E-state index is 0.669. The number of fused-ring (bicyclic) bond motifs is 5. The summed E-state index contributed by atoms with van der Waals surface area (Å²) in [5, 5.41) is 0. The van der Waals surface area contributed by atoms with Crippen molar-refractivity contribution in [3.63, 3.8) is 0 Å². The van der Waals surface area contributed by atoms with E-state index in [1.807, 2.05) is 0 Å². The average molecular weight is 296 g/mol. The zero-order valence-corrected chi connectivity index (χ0v) is 14.5. The Balaban J connectivity index is 1.59. The number of rotatable bonds is 3.